The Hall–Kier alpha value is -0.570. The van der Waals surface area contributed by atoms with E-state index in [1.807, 2.05) is 0 Å². The minimum atomic E-state index is -0.296. The molecule has 0 aromatic heterocycles. The zero-order valence-electron chi connectivity index (χ0n) is 14.0. The van der Waals surface area contributed by atoms with Crippen LogP contribution in [0.15, 0.2) is 0 Å². The van der Waals surface area contributed by atoms with Crippen molar-refractivity contribution in [1.82, 2.24) is 0 Å². The maximum atomic E-state index is 10.2. The molecule has 0 aliphatic heterocycles. The summed E-state index contributed by atoms with van der Waals surface area (Å²) >= 11 is 0. The maximum Gasteiger partial charge on any atom is 0.293 e. The van der Waals surface area contributed by atoms with Gasteiger partial charge in [-0.3, -0.25) is 4.79 Å². The van der Waals surface area contributed by atoms with E-state index >= 15 is 0 Å². The minimum absolute atomic E-state index is 0.0585. The third kappa shape index (κ3) is 15.6. The van der Waals surface area contributed by atoms with Crippen LogP contribution in [0.2, 0.25) is 0 Å². The number of aliphatic hydroxyl groups is 1. The van der Waals surface area contributed by atoms with Gasteiger partial charge in [0.05, 0.1) is 6.61 Å². The largest absolute Gasteiger partial charge is 0.462 e. The van der Waals surface area contributed by atoms with Gasteiger partial charge < -0.3 is 9.84 Å². The fourth-order valence-corrected chi connectivity index (χ4v) is 2.67. The van der Waals surface area contributed by atoms with Gasteiger partial charge >= 0.3 is 0 Å². The van der Waals surface area contributed by atoms with Crippen LogP contribution in [0.25, 0.3) is 0 Å². The first-order valence-electron chi connectivity index (χ1n) is 9.05. The summed E-state index contributed by atoms with van der Waals surface area (Å²) in [5.41, 5.74) is 0. The van der Waals surface area contributed by atoms with Gasteiger partial charge in [-0.25, -0.2) is 0 Å². The molecule has 0 radical (unpaired) electrons. The third-order valence-electron chi connectivity index (χ3n) is 4.08. The Morgan fingerprint density at radius 2 is 1.24 bits per heavy atom. The fraction of sp³-hybridized carbons (Fsp3) is 0.944. The van der Waals surface area contributed by atoms with Crippen molar-refractivity contribution in [3.63, 3.8) is 0 Å². The monoisotopic (exact) mass is 300 g/mol. The van der Waals surface area contributed by atoms with Crippen LogP contribution in [-0.4, -0.2) is 24.3 Å². The standard InChI is InChI=1S/C18H36O3/c1-2-3-4-5-6-7-8-9-10-11-12-13-14-15-18(16-19)21-17-20/h17-19H,2-16H2,1H3. The van der Waals surface area contributed by atoms with Crippen LogP contribution in [-0.2, 0) is 9.53 Å². The Morgan fingerprint density at radius 1 is 0.810 bits per heavy atom. The molecule has 0 aromatic carbocycles. The molecule has 0 aliphatic carbocycles. The Morgan fingerprint density at radius 3 is 1.62 bits per heavy atom. The van der Waals surface area contributed by atoms with E-state index in [1.165, 1.54) is 77.0 Å². The topological polar surface area (TPSA) is 46.5 Å². The summed E-state index contributed by atoms with van der Waals surface area (Å²) in [4.78, 5) is 10.2. The number of rotatable bonds is 17. The van der Waals surface area contributed by atoms with Crippen LogP contribution in [0.5, 0.6) is 0 Å². The zero-order valence-corrected chi connectivity index (χ0v) is 14.0. The Bertz CT molecular complexity index is 207. The van der Waals surface area contributed by atoms with Crippen molar-refractivity contribution in [1.29, 1.82) is 0 Å². The second-order valence-corrected chi connectivity index (χ2v) is 6.07. The Balaban J connectivity index is 3.10. The molecule has 0 saturated carbocycles. The highest BCUT2D eigenvalue weighted by atomic mass is 16.5. The highest BCUT2D eigenvalue weighted by Gasteiger charge is 2.06. The molecular weight excluding hydrogens is 264 g/mol. The average molecular weight is 300 g/mol. The predicted octanol–water partition coefficient (Wildman–Crippen LogP) is 5.00. The van der Waals surface area contributed by atoms with Gasteiger partial charge in [0.25, 0.3) is 6.47 Å². The van der Waals surface area contributed by atoms with Gasteiger partial charge in [-0.05, 0) is 12.8 Å². The second kappa shape index (κ2) is 17.5. The van der Waals surface area contributed by atoms with Crippen LogP contribution < -0.4 is 0 Å². The van der Waals surface area contributed by atoms with E-state index in [1.54, 1.807) is 0 Å². The molecular formula is C18H36O3. The molecule has 126 valence electrons. The predicted molar refractivity (Wildman–Crippen MR) is 88.3 cm³/mol. The summed E-state index contributed by atoms with van der Waals surface area (Å²) in [6, 6.07) is 0. The van der Waals surface area contributed by atoms with E-state index in [0.29, 0.717) is 6.47 Å². The van der Waals surface area contributed by atoms with Gasteiger partial charge in [-0.15, -0.1) is 0 Å². The van der Waals surface area contributed by atoms with Gasteiger partial charge in [0.15, 0.2) is 0 Å². The average Bonchev–Trinajstić information content (AvgIpc) is 2.50. The van der Waals surface area contributed by atoms with Crippen molar-refractivity contribution in [2.24, 2.45) is 0 Å². The van der Waals surface area contributed by atoms with Crippen LogP contribution in [0.3, 0.4) is 0 Å². The van der Waals surface area contributed by atoms with Crippen molar-refractivity contribution >= 4 is 6.47 Å². The molecule has 0 fully saturated rings. The summed E-state index contributed by atoms with van der Waals surface area (Å²) in [6.07, 6.45) is 17.8. The second-order valence-electron chi connectivity index (χ2n) is 6.07. The number of carbonyl (C=O) groups is 1. The molecule has 0 aromatic rings. The molecule has 3 heteroatoms. The van der Waals surface area contributed by atoms with Gasteiger partial charge in [0.1, 0.15) is 6.10 Å². The number of hydrogen-bond donors (Lipinski definition) is 1. The lowest BCUT2D eigenvalue weighted by atomic mass is 10.0. The smallest absolute Gasteiger partial charge is 0.293 e. The Labute approximate surface area is 131 Å². The van der Waals surface area contributed by atoms with Gasteiger partial charge in [-0.1, -0.05) is 84.0 Å². The van der Waals surface area contributed by atoms with Crippen molar-refractivity contribution < 1.29 is 14.6 Å². The zero-order chi connectivity index (χ0) is 15.6. The molecule has 1 N–H and O–H groups in total. The van der Waals surface area contributed by atoms with E-state index in [-0.39, 0.29) is 12.7 Å². The number of carbonyl (C=O) groups excluding carboxylic acids is 1. The molecule has 0 amide bonds. The van der Waals surface area contributed by atoms with Crippen molar-refractivity contribution in [3.8, 4) is 0 Å². The van der Waals surface area contributed by atoms with Crippen molar-refractivity contribution in [3.05, 3.63) is 0 Å². The van der Waals surface area contributed by atoms with Crippen LogP contribution in [0.1, 0.15) is 96.8 Å². The first-order valence-corrected chi connectivity index (χ1v) is 9.05. The SMILES string of the molecule is CCCCCCCCCCCCCCCC(CO)OC=O. The molecule has 0 bridgehead atoms. The highest BCUT2D eigenvalue weighted by Crippen LogP contribution is 2.13. The lowest BCUT2D eigenvalue weighted by Crippen LogP contribution is -2.16. The fourth-order valence-electron chi connectivity index (χ4n) is 2.67. The van der Waals surface area contributed by atoms with Crippen LogP contribution in [0, 0.1) is 0 Å². The van der Waals surface area contributed by atoms with E-state index in [4.69, 9.17) is 9.84 Å². The Kier molecular flexibility index (Phi) is 17.0. The van der Waals surface area contributed by atoms with E-state index < -0.39 is 0 Å². The first-order chi connectivity index (χ1) is 10.3. The quantitative estimate of drug-likeness (QED) is 0.304. The number of aliphatic hydroxyl groups excluding tert-OH is 1. The third-order valence-corrected chi connectivity index (χ3v) is 4.08. The van der Waals surface area contributed by atoms with Gasteiger partial charge in [0.2, 0.25) is 0 Å². The summed E-state index contributed by atoms with van der Waals surface area (Å²) in [7, 11) is 0. The molecule has 0 spiro atoms. The van der Waals surface area contributed by atoms with Crippen molar-refractivity contribution in [2.45, 2.75) is 103 Å². The first kappa shape index (κ1) is 20.4. The molecule has 0 aliphatic rings. The normalized spacial score (nSPS) is 12.3. The summed E-state index contributed by atoms with van der Waals surface area (Å²) < 4.78 is 4.77. The van der Waals surface area contributed by atoms with Crippen LogP contribution >= 0.6 is 0 Å². The lowest BCUT2D eigenvalue weighted by Gasteiger charge is -2.11. The van der Waals surface area contributed by atoms with E-state index in [0.717, 1.165) is 12.8 Å². The lowest BCUT2D eigenvalue weighted by molar-refractivity contribution is -0.135. The molecule has 0 heterocycles. The van der Waals surface area contributed by atoms with Crippen LogP contribution in [0.4, 0.5) is 0 Å². The highest BCUT2D eigenvalue weighted by molar-refractivity contribution is 5.37. The molecule has 1 atom stereocenters. The van der Waals surface area contributed by atoms with E-state index in [9.17, 15) is 4.79 Å². The number of ether oxygens (including phenoxy) is 1. The summed E-state index contributed by atoms with van der Waals surface area (Å²) in [5.74, 6) is 0. The molecule has 0 saturated heterocycles. The molecule has 1 unspecified atom stereocenters. The van der Waals surface area contributed by atoms with Crippen molar-refractivity contribution in [2.75, 3.05) is 6.61 Å². The molecule has 21 heavy (non-hydrogen) atoms. The maximum absolute atomic E-state index is 10.2. The van der Waals surface area contributed by atoms with Gasteiger partial charge in [0, 0.05) is 0 Å². The summed E-state index contributed by atoms with van der Waals surface area (Å²) in [5, 5.41) is 8.96. The van der Waals surface area contributed by atoms with Gasteiger partial charge in [-0.2, -0.15) is 0 Å². The number of hydrogen-bond acceptors (Lipinski definition) is 3. The molecule has 3 nitrogen and oxygen atoms in total. The minimum Gasteiger partial charge on any atom is -0.462 e. The summed E-state index contributed by atoms with van der Waals surface area (Å²) in [6.45, 7) is 2.64. The number of unbranched alkanes of at least 4 members (excludes halogenated alkanes) is 12. The molecule has 0 rings (SSSR count). The van der Waals surface area contributed by atoms with E-state index in [2.05, 4.69) is 6.92 Å².